The summed E-state index contributed by atoms with van der Waals surface area (Å²) in [4.78, 5) is 11.6. The third-order valence-corrected chi connectivity index (χ3v) is 6.07. The summed E-state index contributed by atoms with van der Waals surface area (Å²) >= 11 is 0. The lowest BCUT2D eigenvalue weighted by Crippen LogP contribution is -2.48. The standard InChI is InChI=1S/C18H22O3/c19-10-17(21)14-1-2-15(16(20)6-14)18-7-11-3-12(8-18)5-13(4-11)9-18/h1-2,6,11-13,19-20H,3-5,7-10H2. The maximum Gasteiger partial charge on any atom is 0.188 e. The van der Waals surface area contributed by atoms with Crippen molar-refractivity contribution in [2.45, 2.75) is 43.9 Å². The minimum atomic E-state index is -0.504. The molecule has 4 aliphatic rings. The normalized spacial score (nSPS) is 36.9. The highest BCUT2D eigenvalue weighted by Gasteiger charge is 2.52. The number of aromatic hydroxyl groups is 1. The smallest absolute Gasteiger partial charge is 0.188 e. The molecular formula is C18H22O3. The number of ketones is 1. The van der Waals surface area contributed by atoms with Crippen molar-refractivity contribution < 1.29 is 15.0 Å². The van der Waals surface area contributed by atoms with E-state index in [-0.39, 0.29) is 16.9 Å². The number of phenols is 1. The highest BCUT2D eigenvalue weighted by molar-refractivity contribution is 5.97. The van der Waals surface area contributed by atoms with E-state index >= 15 is 0 Å². The van der Waals surface area contributed by atoms with Gasteiger partial charge in [-0.15, -0.1) is 0 Å². The fourth-order valence-corrected chi connectivity index (χ4v) is 5.69. The summed E-state index contributed by atoms with van der Waals surface area (Å²) in [6.45, 7) is -0.504. The Morgan fingerprint density at radius 2 is 1.67 bits per heavy atom. The molecule has 0 saturated heterocycles. The SMILES string of the molecule is O=C(CO)c1ccc(C23CC4CC(CC(C4)C2)C3)c(O)c1. The van der Waals surface area contributed by atoms with E-state index in [1.54, 1.807) is 12.1 Å². The van der Waals surface area contributed by atoms with E-state index in [9.17, 15) is 9.90 Å². The molecule has 112 valence electrons. The number of aliphatic hydroxyl groups is 1. The Morgan fingerprint density at radius 3 is 2.14 bits per heavy atom. The molecule has 3 heteroatoms. The zero-order valence-electron chi connectivity index (χ0n) is 12.2. The molecule has 2 N–H and O–H groups in total. The molecule has 0 atom stereocenters. The molecule has 4 saturated carbocycles. The van der Waals surface area contributed by atoms with Gasteiger partial charge in [0.25, 0.3) is 0 Å². The number of aliphatic hydroxyl groups excluding tert-OH is 1. The van der Waals surface area contributed by atoms with Crippen molar-refractivity contribution >= 4 is 5.78 Å². The van der Waals surface area contributed by atoms with Gasteiger partial charge in [0.1, 0.15) is 12.4 Å². The fraction of sp³-hybridized carbons (Fsp3) is 0.611. The van der Waals surface area contributed by atoms with Gasteiger partial charge in [0.15, 0.2) is 5.78 Å². The van der Waals surface area contributed by atoms with Crippen LogP contribution >= 0.6 is 0 Å². The van der Waals surface area contributed by atoms with Crippen molar-refractivity contribution in [3.63, 3.8) is 0 Å². The summed E-state index contributed by atoms with van der Waals surface area (Å²) < 4.78 is 0. The van der Waals surface area contributed by atoms with Gasteiger partial charge >= 0.3 is 0 Å². The molecule has 1 aromatic rings. The molecule has 0 amide bonds. The van der Waals surface area contributed by atoms with Crippen molar-refractivity contribution in [1.29, 1.82) is 0 Å². The molecular weight excluding hydrogens is 264 g/mol. The quantitative estimate of drug-likeness (QED) is 0.840. The van der Waals surface area contributed by atoms with Gasteiger partial charge < -0.3 is 10.2 Å². The molecule has 21 heavy (non-hydrogen) atoms. The van der Waals surface area contributed by atoms with Crippen molar-refractivity contribution in [3.05, 3.63) is 29.3 Å². The molecule has 0 radical (unpaired) electrons. The minimum Gasteiger partial charge on any atom is -0.508 e. The van der Waals surface area contributed by atoms with Crippen molar-refractivity contribution in [3.8, 4) is 5.75 Å². The highest BCUT2D eigenvalue weighted by Crippen LogP contribution is 2.61. The van der Waals surface area contributed by atoms with Gasteiger partial charge in [-0.1, -0.05) is 12.1 Å². The van der Waals surface area contributed by atoms with Crippen molar-refractivity contribution in [2.24, 2.45) is 17.8 Å². The lowest BCUT2D eigenvalue weighted by Gasteiger charge is -2.57. The average molecular weight is 286 g/mol. The maximum absolute atomic E-state index is 11.6. The van der Waals surface area contributed by atoms with Crippen LogP contribution in [0.5, 0.6) is 5.75 Å². The third kappa shape index (κ3) is 2.02. The second kappa shape index (κ2) is 4.57. The summed E-state index contributed by atoms with van der Waals surface area (Å²) in [5.74, 6) is 2.40. The largest absolute Gasteiger partial charge is 0.508 e. The molecule has 0 aliphatic heterocycles. The summed E-state index contributed by atoms with van der Waals surface area (Å²) in [5, 5.41) is 19.4. The van der Waals surface area contributed by atoms with Gasteiger partial charge in [0, 0.05) is 11.1 Å². The van der Waals surface area contributed by atoms with Gasteiger partial charge in [-0.25, -0.2) is 0 Å². The Kier molecular flexibility index (Phi) is 2.90. The molecule has 0 aromatic heterocycles. The average Bonchev–Trinajstić information content (AvgIpc) is 2.44. The minimum absolute atomic E-state index is 0.139. The van der Waals surface area contributed by atoms with Crippen LogP contribution in [-0.2, 0) is 5.41 Å². The summed E-state index contributed by atoms with van der Waals surface area (Å²) in [6.07, 6.45) is 7.71. The zero-order chi connectivity index (χ0) is 14.6. The number of carbonyl (C=O) groups is 1. The van der Waals surface area contributed by atoms with E-state index in [0.717, 1.165) is 23.3 Å². The molecule has 4 fully saturated rings. The number of rotatable bonds is 3. The molecule has 4 aliphatic carbocycles. The fourth-order valence-electron chi connectivity index (χ4n) is 5.69. The first-order valence-corrected chi connectivity index (χ1v) is 8.07. The highest BCUT2D eigenvalue weighted by atomic mass is 16.3. The van der Waals surface area contributed by atoms with Crippen molar-refractivity contribution in [2.75, 3.05) is 6.61 Å². The Balaban J connectivity index is 1.71. The van der Waals surface area contributed by atoms with Gasteiger partial charge in [-0.05, 0) is 67.8 Å². The topological polar surface area (TPSA) is 57.5 Å². The van der Waals surface area contributed by atoms with Crippen LogP contribution in [0.4, 0.5) is 0 Å². The molecule has 3 nitrogen and oxygen atoms in total. The number of benzene rings is 1. The molecule has 1 aromatic carbocycles. The number of carbonyl (C=O) groups excluding carboxylic acids is 1. The summed E-state index contributed by atoms with van der Waals surface area (Å²) in [5.41, 5.74) is 1.58. The van der Waals surface area contributed by atoms with E-state index in [4.69, 9.17) is 5.11 Å². The Morgan fingerprint density at radius 1 is 1.10 bits per heavy atom. The Labute approximate surface area is 125 Å². The molecule has 0 unspecified atom stereocenters. The molecule has 0 spiro atoms. The van der Waals surface area contributed by atoms with E-state index in [1.807, 2.05) is 6.07 Å². The number of hydrogen-bond donors (Lipinski definition) is 2. The number of hydrogen-bond acceptors (Lipinski definition) is 3. The summed E-state index contributed by atoms with van der Waals surface area (Å²) in [6, 6.07) is 5.25. The Hall–Kier alpha value is -1.35. The van der Waals surface area contributed by atoms with Crippen molar-refractivity contribution in [1.82, 2.24) is 0 Å². The Bertz CT molecular complexity index is 555. The van der Waals surface area contributed by atoms with Crippen LogP contribution in [0.3, 0.4) is 0 Å². The second-order valence-electron chi connectivity index (χ2n) is 7.51. The predicted octanol–water partition coefficient (Wildman–Crippen LogP) is 3.04. The third-order valence-electron chi connectivity index (χ3n) is 6.07. The van der Waals surface area contributed by atoms with E-state index < -0.39 is 6.61 Å². The first-order valence-electron chi connectivity index (χ1n) is 8.07. The van der Waals surface area contributed by atoms with Gasteiger partial charge in [-0.2, -0.15) is 0 Å². The molecule has 4 bridgehead atoms. The van der Waals surface area contributed by atoms with E-state index in [0.29, 0.717) is 5.56 Å². The van der Waals surface area contributed by atoms with Crippen LogP contribution in [0.1, 0.15) is 54.4 Å². The predicted molar refractivity (Wildman–Crippen MR) is 79.4 cm³/mol. The first-order chi connectivity index (χ1) is 10.1. The van der Waals surface area contributed by atoms with Crippen LogP contribution in [0, 0.1) is 17.8 Å². The van der Waals surface area contributed by atoms with E-state index in [1.165, 1.54) is 38.5 Å². The molecule has 5 rings (SSSR count). The lowest BCUT2D eigenvalue weighted by molar-refractivity contribution is -0.00614. The van der Waals surface area contributed by atoms with Gasteiger partial charge in [0.05, 0.1) is 0 Å². The monoisotopic (exact) mass is 286 g/mol. The van der Waals surface area contributed by atoms with E-state index in [2.05, 4.69) is 0 Å². The lowest BCUT2D eigenvalue weighted by atomic mass is 9.48. The van der Waals surface area contributed by atoms with Crippen LogP contribution < -0.4 is 0 Å². The van der Waals surface area contributed by atoms with Gasteiger partial charge in [-0.3, -0.25) is 4.79 Å². The number of Topliss-reactive ketones (excluding diaryl/α,β-unsaturated/α-hetero) is 1. The molecule has 0 heterocycles. The first kappa shape index (κ1) is 13.3. The summed E-state index contributed by atoms with van der Waals surface area (Å²) in [7, 11) is 0. The van der Waals surface area contributed by atoms with Crippen LogP contribution in [0.2, 0.25) is 0 Å². The van der Waals surface area contributed by atoms with Crippen LogP contribution in [0.25, 0.3) is 0 Å². The van der Waals surface area contributed by atoms with Crippen LogP contribution in [0.15, 0.2) is 18.2 Å². The van der Waals surface area contributed by atoms with Gasteiger partial charge in [0.2, 0.25) is 0 Å². The number of phenolic OH excluding ortho intramolecular Hbond substituents is 1. The second-order valence-corrected chi connectivity index (χ2v) is 7.51. The zero-order valence-corrected chi connectivity index (χ0v) is 12.2. The van der Waals surface area contributed by atoms with Crippen LogP contribution in [-0.4, -0.2) is 22.6 Å². The maximum atomic E-state index is 11.6.